The Bertz CT molecular complexity index is 948. The average molecular weight is 726 g/mol. The molecule has 0 saturated heterocycles. The second-order valence-corrected chi connectivity index (χ2v) is 15.9. The Labute approximate surface area is 309 Å². The largest absolute Gasteiger partial charge is 0.387 e. The molecular weight excluding hydrogens is 647 g/mol. The first-order chi connectivity index (χ1) is 24.2. The minimum absolute atomic E-state index is 0.267. The molecule has 0 heterocycles. The van der Waals surface area contributed by atoms with Gasteiger partial charge in [0.2, 0.25) is 5.91 Å². The summed E-state index contributed by atoms with van der Waals surface area (Å²) < 4.78 is 32.5. The van der Waals surface area contributed by atoms with Gasteiger partial charge in [-0.2, -0.15) is 8.42 Å². The van der Waals surface area contributed by atoms with Gasteiger partial charge in [-0.05, 0) is 57.8 Å². The molecule has 8 heteroatoms. The zero-order valence-electron chi connectivity index (χ0n) is 32.4. The normalized spacial score (nSPS) is 14.3. The molecule has 0 fully saturated rings. The van der Waals surface area contributed by atoms with Crippen LogP contribution in [0.4, 0.5) is 0 Å². The fraction of sp³-hybridized carbons (Fsp3) is 0.833. The third kappa shape index (κ3) is 34.9. The van der Waals surface area contributed by atoms with Crippen molar-refractivity contribution >= 4 is 16.0 Å². The number of amides is 1. The molecule has 4 N–H and O–H groups in total. The summed E-state index contributed by atoms with van der Waals surface area (Å²) in [7, 11) is -4.45. The van der Waals surface area contributed by atoms with Crippen molar-refractivity contribution in [2.45, 2.75) is 218 Å². The lowest BCUT2D eigenvalue weighted by molar-refractivity contribution is -0.130. The maximum Gasteiger partial charge on any atom is 0.267 e. The molecule has 7 nitrogen and oxygen atoms in total. The van der Waals surface area contributed by atoms with E-state index in [2.05, 4.69) is 43.5 Å². The van der Waals surface area contributed by atoms with E-state index in [0.717, 1.165) is 38.5 Å². The van der Waals surface area contributed by atoms with Crippen molar-refractivity contribution in [3.63, 3.8) is 0 Å². The predicted molar refractivity (Wildman–Crippen MR) is 213 cm³/mol. The van der Waals surface area contributed by atoms with Crippen LogP contribution in [0.1, 0.15) is 200 Å². The summed E-state index contributed by atoms with van der Waals surface area (Å²) in [4.78, 5) is 12.6. The van der Waals surface area contributed by atoms with E-state index in [9.17, 15) is 28.0 Å². The minimum Gasteiger partial charge on any atom is -0.387 e. The lowest BCUT2D eigenvalue weighted by Crippen LogP contribution is -2.50. The van der Waals surface area contributed by atoms with Crippen molar-refractivity contribution in [3.05, 3.63) is 36.5 Å². The number of aliphatic hydroxyl groups is 2. The van der Waals surface area contributed by atoms with Crippen LogP contribution >= 0.6 is 0 Å². The Morgan fingerprint density at radius 3 is 1.32 bits per heavy atom. The van der Waals surface area contributed by atoms with E-state index in [0.29, 0.717) is 12.8 Å². The monoisotopic (exact) mass is 726 g/mol. The van der Waals surface area contributed by atoms with Gasteiger partial charge in [-0.25, -0.2) is 0 Å². The van der Waals surface area contributed by atoms with Crippen molar-refractivity contribution in [1.82, 2.24) is 5.32 Å². The number of carbonyl (C=O) groups is 1. The molecule has 1 amide bonds. The summed E-state index contributed by atoms with van der Waals surface area (Å²) >= 11 is 0. The molecule has 294 valence electrons. The zero-order chi connectivity index (χ0) is 37.0. The maximum atomic E-state index is 12.6. The Hall–Kier alpha value is -1.48. The Balaban J connectivity index is 4.04. The van der Waals surface area contributed by atoms with E-state index in [1.807, 2.05) is 0 Å². The Morgan fingerprint density at radius 1 is 0.540 bits per heavy atom. The number of aliphatic hydroxyl groups excluding tert-OH is 2. The number of rotatable bonds is 37. The molecule has 0 aliphatic rings. The lowest BCUT2D eigenvalue weighted by atomic mass is 10.0. The van der Waals surface area contributed by atoms with Gasteiger partial charge < -0.3 is 15.5 Å². The van der Waals surface area contributed by atoms with Gasteiger partial charge >= 0.3 is 0 Å². The van der Waals surface area contributed by atoms with Gasteiger partial charge in [-0.3, -0.25) is 9.35 Å². The second-order valence-electron chi connectivity index (χ2n) is 14.4. The van der Waals surface area contributed by atoms with Crippen LogP contribution in [0.3, 0.4) is 0 Å². The number of hydrogen-bond acceptors (Lipinski definition) is 5. The van der Waals surface area contributed by atoms with Gasteiger partial charge in [-0.15, -0.1) is 0 Å². The fourth-order valence-electron chi connectivity index (χ4n) is 6.17. The van der Waals surface area contributed by atoms with E-state index in [1.54, 1.807) is 6.08 Å². The van der Waals surface area contributed by atoms with Crippen molar-refractivity contribution in [1.29, 1.82) is 0 Å². The highest BCUT2D eigenvalue weighted by Crippen LogP contribution is 2.14. The number of hydrogen-bond donors (Lipinski definition) is 4. The molecule has 0 radical (unpaired) electrons. The highest BCUT2D eigenvalue weighted by Gasteiger charge is 2.27. The molecule has 3 unspecified atom stereocenters. The van der Waals surface area contributed by atoms with Gasteiger partial charge in [0, 0.05) is 0 Å². The predicted octanol–water partition coefficient (Wildman–Crippen LogP) is 11.1. The third-order valence-corrected chi connectivity index (χ3v) is 10.2. The summed E-state index contributed by atoms with van der Waals surface area (Å²) in [5.41, 5.74) is 0. The molecule has 0 saturated carbocycles. The molecule has 0 spiro atoms. The van der Waals surface area contributed by atoms with E-state index in [-0.39, 0.29) is 6.42 Å². The molecular formula is C42H79NO6S. The second kappa shape index (κ2) is 35.9. The molecule has 3 atom stereocenters. The van der Waals surface area contributed by atoms with Crippen LogP contribution in [0, 0.1) is 0 Å². The highest BCUT2D eigenvalue weighted by molar-refractivity contribution is 7.85. The van der Waals surface area contributed by atoms with Crippen LogP contribution in [0.25, 0.3) is 0 Å². The van der Waals surface area contributed by atoms with Gasteiger partial charge in [0.15, 0.2) is 0 Å². The van der Waals surface area contributed by atoms with Crippen LogP contribution in [0.5, 0.6) is 0 Å². The quantitative estimate of drug-likeness (QED) is 0.0287. The Kier molecular flexibility index (Phi) is 34.8. The first kappa shape index (κ1) is 48.5. The number of nitrogens with one attached hydrogen (secondary N) is 1. The summed E-state index contributed by atoms with van der Waals surface area (Å²) in [6.45, 7) is 4.49. The summed E-state index contributed by atoms with van der Waals surface area (Å²) in [6.07, 6.45) is 43.5. The van der Waals surface area contributed by atoms with Crippen molar-refractivity contribution in [2.75, 3.05) is 5.75 Å². The first-order valence-electron chi connectivity index (χ1n) is 20.8. The minimum atomic E-state index is -4.45. The van der Waals surface area contributed by atoms with E-state index < -0.39 is 40.0 Å². The van der Waals surface area contributed by atoms with E-state index in [4.69, 9.17) is 0 Å². The van der Waals surface area contributed by atoms with Crippen molar-refractivity contribution < 1.29 is 28.0 Å². The SMILES string of the molecule is CCCCCCCCC/C=C/CC/C=C/C(O)C(CS(=O)(=O)O)NC(=O)C(O)CCCCCCCC/C=C\CCCCCCCCCCCC. The Morgan fingerprint density at radius 2 is 0.900 bits per heavy atom. The van der Waals surface area contributed by atoms with Gasteiger partial charge in [0.1, 0.15) is 6.10 Å². The summed E-state index contributed by atoms with van der Waals surface area (Å²) in [5, 5.41) is 23.3. The molecule has 50 heavy (non-hydrogen) atoms. The lowest BCUT2D eigenvalue weighted by Gasteiger charge is -2.22. The van der Waals surface area contributed by atoms with Crippen LogP contribution in [0.15, 0.2) is 36.5 Å². The third-order valence-electron chi connectivity index (χ3n) is 9.40. The molecule has 0 bridgehead atoms. The molecule has 0 aliphatic carbocycles. The molecule has 0 aromatic carbocycles. The summed E-state index contributed by atoms with van der Waals surface area (Å²) in [5.74, 6) is -1.56. The van der Waals surface area contributed by atoms with Crippen LogP contribution in [-0.2, 0) is 14.9 Å². The number of unbranched alkanes of at least 4 members (excludes halogenated alkanes) is 24. The van der Waals surface area contributed by atoms with Gasteiger partial charge in [0.25, 0.3) is 10.1 Å². The molecule has 0 aromatic heterocycles. The number of carbonyl (C=O) groups excluding carboxylic acids is 1. The molecule has 0 rings (SSSR count). The van der Waals surface area contributed by atoms with Crippen LogP contribution in [-0.4, -0.2) is 53.1 Å². The van der Waals surface area contributed by atoms with Gasteiger partial charge in [-0.1, -0.05) is 179 Å². The topological polar surface area (TPSA) is 124 Å². The van der Waals surface area contributed by atoms with Crippen LogP contribution in [0.2, 0.25) is 0 Å². The van der Waals surface area contributed by atoms with E-state index >= 15 is 0 Å². The fourth-order valence-corrected chi connectivity index (χ4v) is 6.91. The first-order valence-corrected chi connectivity index (χ1v) is 22.4. The summed E-state index contributed by atoms with van der Waals surface area (Å²) in [6, 6.07) is -1.25. The number of allylic oxidation sites excluding steroid dienone is 5. The average Bonchev–Trinajstić information content (AvgIpc) is 3.08. The maximum absolute atomic E-state index is 12.6. The molecule has 0 aromatic rings. The highest BCUT2D eigenvalue weighted by atomic mass is 32.2. The van der Waals surface area contributed by atoms with Crippen molar-refractivity contribution in [2.24, 2.45) is 0 Å². The van der Waals surface area contributed by atoms with E-state index in [1.165, 1.54) is 134 Å². The zero-order valence-corrected chi connectivity index (χ0v) is 33.2. The van der Waals surface area contributed by atoms with Gasteiger partial charge in [0.05, 0.1) is 17.9 Å². The standard InChI is InChI=1S/C42H79NO6S/c1-3-5-7-9-11-13-15-17-18-19-20-21-22-23-25-27-29-31-33-35-37-41(45)42(46)43-39(38-50(47,48)49)40(44)36-34-32-30-28-26-24-16-14-12-10-8-6-4-2/h21-22,26,28,34,36,39-41,44-45H,3-20,23-25,27,29-33,35,37-38H2,1-2H3,(H,43,46)(H,47,48,49)/b22-21-,28-26+,36-34+. The van der Waals surface area contributed by atoms with Crippen molar-refractivity contribution in [3.8, 4) is 0 Å². The smallest absolute Gasteiger partial charge is 0.267 e. The van der Waals surface area contributed by atoms with Crippen LogP contribution < -0.4 is 5.32 Å². The molecule has 0 aliphatic heterocycles.